The van der Waals surface area contributed by atoms with Crippen LogP contribution in [0.2, 0.25) is 0 Å². The van der Waals surface area contributed by atoms with Crippen LogP contribution in [0.15, 0.2) is 54.7 Å². The zero-order valence-electron chi connectivity index (χ0n) is 13.0. The Hall–Kier alpha value is -3.35. The summed E-state index contributed by atoms with van der Waals surface area (Å²) >= 11 is 0. The van der Waals surface area contributed by atoms with Crippen LogP contribution in [0.1, 0.15) is 5.56 Å². The van der Waals surface area contributed by atoms with Crippen LogP contribution in [0.4, 0.5) is 14.6 Å². The van der Waals surface area contributed by atoms with Gasteiger partial charge in [0.2, 0.25) is 0 Å². The van der Waals surface area contributed by atoms with E-state index < -0.39 is 11.6 Å². The molecule has 0 spiro atoms. The first-order valence-electron chi connectivity index (χ1n) is 7.61. The molecule has 2 aromatic heterocycles. The van der Waals surface area contributed by atoms with Crippen molar-refractivity contribution in [2.75, 3.05) is 5.73 Å². The largest absolute Gasteiger partial charge is 0.383 e. The molecule has 0 aliphatic carbocycles. The van der Waals surface area contributed by atoms with Crippen molar-refractivity contribution in [3.8, 4) is 11.4 Å². The predicted molar refractivity (Wildman–Crippen MR) is 90.6 cm³/mol. The highest BCUT2D eigenvalue weighted by molar-refractivity contribution is 5.86. The van der Waals surface area contributed by atoms with Crippen LogP contribution in [0.5, 0.6) is 0 Å². The summed E-state index contributed by atoms with van der Waals surface area (Å²) in [6.07, 6.45) is 1.59. The molecule has 0 aliphatic heterocycles. The number of anilines is 1. The molecular weight excluding hydrogens is 324 g/mol. The molecule has 7 heteroatoms. The van der Waals surface area contributed by atoms with Gasteiger partial charge in [0.1, 0.15) is 17.5 Å². The van der Waals surface area contributed by atoms with Gasteiger partial charge in [0.25, 0.3) is 0 Å². The van der Waals surface area contributed by atoms with E-state index in [4.69, 9.17) is 5.73 Å². The molecule has 0 aliphatic rings. The average Bonchev–Trinajstić information content (AvgIpc) is 3.02. The second kappa shape index (κ2) is 5.94. The molecule has 4 aromatic rings. The molecule has 2 aromatic carbocycles. The predicted octanol–water partition coefficient (Wildman–Crippen LogP) is 3.40. The van der Waals surface area contributed by atoms with Crippen molar-refractivity contribution in [3.63, 3.8) is 0 Å². The van der Waals surface area contributed by atoms with E-state index in [0.717, 1.165) is 5.56 Å². The topological polar surface area (TPSA) is 69.6 Å². The van der Waals surface area contributed by atoms with Gasteiger partial charge in [-0.3, -0.25) is 4.68 Å². The lowest BCUT2D eigenvalue weighted by Crippen LogP contribution is -2.05. The maximum absolute atomic E-state index is 13.8. The van der Waals surface area contributed by atoms with Crippen LogP contribution < -0.4 is 5.73 Å². The Morgan fingerprint density at radius 2 is 1.64 bits per heavy atom. The maximum Gasteiger partial charge on any atom is 0.186 e. The van der Waals surface area contributed by atoms with E-state index in [2.05, 4.69) is 15.1 Å². The molecule has 0 atom stereocenters. The van der Waals surface area contributed by atoms with Crippen molar-refractivity contribution in [2.45, 2.75) is 6.54 Å². The fraction of sp³-hybridized carbons (Fsp3) is 0.0556. The van der Waals surface area contributed by atoms with Gasteiger partial charge in [-0.15, -0.1) is 0 Å². The molecule has 0 saturated carbocycles. The van der Waals surface area contributed by atoms with E-state index in [-0.39, 0.29) is 17.9 Å². The third kappa shape index (κ3) is 2.80. The third-order valence-corrected chi connectivity index (χ3v) is 3.87. The van der Waals surface area contributed by atoms with Crippen LogP contribution in [0.3, 0.4) is 0 Å². The fourth-order valence-electron chi connectivity index (χ4n) is 2.62. The van der Waals surface area contributed by atoms with Gasteiger partial charge in [-0.2, -0.15) is 5.10 Å². The summed E-state index contributed by atoms with van der Waals surface area (Å²) in [6.45, 7) is -0.0605. The zero-order chi connectivity index (χ0) is 17.4. The van der Waals surface area contributed by atoms with Crippen molar-refractivity contribution in [1.82, 2.24) is 19.7 Å². The minimum atomic E-state index is -0.622. The van der Waals surface area contributed by atoms with E-state index in [1.54, 1.807) is 6.20 Å². The van der Waals surface area contributed by atoms with Crippen molar-refractivity contribution < 1.29 is 8.78 Å². The van der Waals surface area contributed by atoms with Crippen LogP contribution in [-0.4, -0.2) is 19.7 Å². The van der Waals surface area contributed by atoms with E-state index >= 15 is 0 Å². The van der Waals surface area contributed by atoms with Gasteiger partial charge in [0, 0.05) is 17.3 Å². The SMILES string of the molecule is Nc1nc(-c2ccccc2)nc2nn(Cc3c(F)cccc3F)cc12. The van der Waals surface area contributed by atoms with Crippen LogP contribution in [0, 0.1) is 11.6 Å². The molecule has 0 bridgehead atoms. The van der Waals surface area contributed by atoms with Crippen molar-refractivity contribution >= 4 is 16.9 Å². The number of nitrogen functional groups attached to an aromatic ring is 1. The van der Waals surface area contributed by atoms with Crippen LogP contribution in [-0.2, 0) is 6.54 Å². The molecule has 2 heterocycles. The molecule has 2 N–H and O–H groups in total. The number of halogens is 2. The molecule has 124 valence electrons. The Balaban J connectivity index is 1.77. The number of nitrogens with two attached hydrogens (primary N) is 1. The first-order valence-corrected chi connectivity index (χ1v) is 7.61. The van der Waals surface area contributed by atoms with Crippen molar-refractivity contribution in [3.05, 3.63) is 71.9 Å². The smallest absolute Gasteiger partial charge is 0.186 e. The number of aromatic nitrogens is 4. The van der Waals surface area contributed by atoms with Crippen molar-refractivity contribution in [2.24, 2.45) is 0 Å². The molecule has 4 rings (SSSR count). The van der Waals surface area contributed by atoms with Gasteiger partial charge in [0.15, 0.2) is 11.5 Å². The summed E-state index contributed by atoms with van der Waals surface area (Å²) in [5.41, 5.74) is 7.13. The highest BCUT2D eigenvalue weighted by Gasteiger charge is 2.14. The van der Waals surface area contributed by atoms with Gasteiger partial charge in [-0.1, -0.05) is 36.4 Å². The third-order valence-electron chi connectivity index (χ3n) is 3.87. The van der Waals surface area contributed by atoms with E-state index in [0.29, 0.717) is 16.9 Å². The highest BCUT2D eigenvalue weighted by atomic mass is 19.1. The lowest BCUT2D eigenvalue weighted by molar-refractivity contribution is 0.534. The van der Waals surface area contributed by atoms with Gasteiger partial charge in [-0.05, 0) is 12.1 Å². The molecule has 0 saturated heterocycles. The second-order valence-corrected chi connectivity index (χ2v) is 5.56. The summed E-state index contributed by atoms with van der Waals surface area (Å²) in [4.78, 5) is 8.70. The van der Waals surface area contributed by atoms with Crippen LogP contribution >= 0.6 is 0 Å². The van der Waals surface area contributed by atoms with Gasteiger partial charge in [-0.25, -0.2) is 18.7 Å². The summed E-state index contributed by atoms with van der Waals surface area (Å²) in [5, 5.41) is 4.83. The summed E-state index contributed by atoms with van der Waals surface area (Å²) < 4.78 is 29.1. The summed E-state index contributed by atoms with van der Waals surface area (Å²) in [6, 6.07) is 13.1. The standard InChI is InChI=1S/C18H13F2N5/c19-14-7-4-8-15(20)12(14)9-25-10-13-16(21)22-17(23-18(13)24-25)11-5-2-1-3-6-11/h1-8,10H,9H2,(H2,21,22,23,24). The first-order chi connectivity index (χ1) is 12.1. The van der Waals surface area contributed by atoms with E-state index in [1.165, 1.54) is 22.9 Å². The Bertz CT molecular complexity index is 1040. The van der Waals surface area contributed by atoms with Crippen LogP contribution in [0.25, 0.3) is 22.4 Å². The molecule has 25 heavy (non-hydrogen) atoms. The van der Waals surface area contributed by atoms with E-state index in [9.17, 15) is 8.78 Å². The quantitative estimate of drug-likeness (QED) is 0.622. The first kappa shape index (κ1) is 15.2. The molecule has 0 amide bonds. The molecule has 0 fully saturated rings. The molecule has 0 unspecified atom stereocenters. The Labute approximate surface area is 141 Å². The van der Waals surface area contributed by atoms with Gasteiger partial charge >= 0.3 is 0 Å². The van der Waals surface area contributed by atoms with Crippen molar-refractivity contribution in [1.29, 1.82) is 0 Å². The number of hydrogen-bond acceptors (Lipinski definition) is 4. The summed E-state index contributed by atoms with van der Waals surface area (Å²) in [7, 11) is 0. The zero-order valence-corrected chi connectivity index (χ0v) is 13.0. The highest BCUT2D eigenvalue weighted by Crippen LogP contribution is 2.23. The number of rotatable bonds is 3. The molecule has 5 nitrogen and oxygen atoms in total. The Morgan fingerprint density at radius 1 is 0.920 bits per heavy atom. The molecular formula is C18H13F2N5. The minimum absolute atomic E-state index is 0.0605. The van der Waals surface area contributed by atoms with Gasteiger partial charge in [0.05, 0.1) is 11.9 Å². The number of fused-ring (bicyclic) bond motifs is 1. The van der Waals surface area contributed by atoms with Gasteiger partial charge < -0.3 is 5.73 Å². The summed E-state index contributed by atoms with van der Waals surface area (Å²) in [5.74, 6) is -0.524. The normalized spacial score (nSPS) is 11.1. The second-order valence-electron chi connectivity index (χ2n) is 5.56. The fourth-order valence-corrected chi connectivity index (χ4v) is 2.62. The number of nitrogens with zero attached hydrogens (tertiary/aromatic N) is 4. The lowest BCUT2D eigenvalue weighted by Gasteiger charge is -2.04. The number of hydrogen-bond donors (Lipinski definition) is 1. The molecule has 0 radical (unpaired) electrons. The Kier molecular flexibility index (Phi) is 3.61. The van der Waals surface area contributed by atoms with E-state index in [1.807, 2.05) is 30.3 Å². The Morgan fingerprint density at radius 3 is 2.36 bits per heavy atom. The lowest BCUT2D eigenvalue weighted by atomic mass is 10.2. The number of benzene rings is 2. The minimum Gasteiger partial charge on any atom is -0.383 e. The monoisotopic (exact) mass is 337 g/mol. The average molecular weight is 337 g/mol. The maximum atomic E-state index is 13.8.